The van der Waals surface area contributed by atoms with Gasteiger partial charge in [0.2, 0.25) is 17.7 Å². The van der Waals surface area contributed by atoms with Crippen LogP contribution in [-0.2, 0) is 32.0 Å². The number of carbonyl (C=O) groups excluding carboxylic acids is 3. The van der Waals surface area contributed by atoms with Gasteiger partial charge in [-0.05, 0) is 0 Å². The molecule has 2 heterocycles. The van der Waals surface area contributed by atoms with Crippen LogP contribution in [0.15, 0.2) is 25.0 Å². The molecule has 156 valence electrons. The monoisotopic (exact) mass is 406 g/mol. The number of H-pyrrole nitrogens is 2. The lowest BCUT2D eigenvalue weighted by molar-refractivity contribution is -0.142. The summed E-state index contributed by atoms with van der Waals surface area (Å²) in [4.78, 5) is 60.6. The van der Waals surface area contributed by atoms with E-state index in [0.717, 1.165) is 0 Å². The summed E-state index contributed by atoms with van der Waals surface area (Å²) in [6.45, 7) is 0. The van der Waals surface area contributed by atoms with E-state index in [4.69, 9.17) is 11.5 Å². The highest BCUT2D eigenvalue weighted by atomic mass is 16.4. The van der Waals surface area contributed by atoms with Crippen molar-refractivity contribution in [2.45, 2.75) is 37.4 Å². The highest BCUT2D eigenvalue weighted by molar-refractivity contribution is 5.93. The Hall–Kier alpha value is -3.74. The first-order valence-corrected chi connectivity index (χ1v) is 8.58. The van der Waals surface area contributed by atoms with E-state index < -0.39 is 48.2 Å². The standard InChI is InChI=1S/C16H22N8O5/c17-10(3-13(18)25)14(26)23-11(1-8-4-19-6-21-8)15(27)24-12(16(28)29)2-9-5-20-7-22-9/h4-7,10-12H,1-3,17H2,(H2,18,25)(H,19,21)(H,20,22)(H,23,26)(H,24,27)(H,28,29)/t10-,11-,12-/m0/s1. The molecule has 0 saturated heterocycles. The molecule has 13 nitrogen and oxygen atoms in total. The van der Waals surface area contributed by atoms with Gasteiger partial charge in [-0.25, -0.2) is 14.8 Å². The first kappa shape index (κ1) is 21.6. The Morgan fingerprint density at radius 2 is 1.48 bits per heavy atom. The summed E-state index contributed by atoms with van der Waals surface area (Å²) in [6.07, 6.45) is 5.23. The average molecular weight is 406 g/mol. The Balaban J connectivity index is 2.10. The maximum absolute atomic E-state index is 12.7. The molecule has 2 aromatic rings. The third kappa shape index (κ3) is 6.73. The molecule has 0 bridgehead atoms. The number of hydrogen-bond donors (Lipinski definition) is 7. The lowest BCUT2D eigenvalue weighted by Gasteiger charge is -2.22. The lowest BCUT2D eigenvalue weighted by Crippen LogP contribution is -2.56. The summed E-state index contributed by atoms with van der Waals surface area (Å²) in [5.74, 6) is -3.55. The Morgan fingerprint density at radius 3 is 1.93 bits per heavy atom. The van der Waals surface area contributed by atoms with Crippen molar-refractivity contribution in [3.8, 4) is 0 Å². The molecule has 2 rings (SSSR count). The van der Waals surface area contributed by atoms with Crippen LogP contribution in [0.3, 0.4) is 0 Å². The number of aromatic amines is 2. The summed E-state index contributed by atoms with van der Waals surface area (Å²) in [7, 11) is 0. The van der Waals surface area contributed by atoms with Crippen molar-refractivity contribution in [3.63, 3.8) is 0 Å². The normalized spacial score (nSPS) is 13.8. The molecule has 0 aliphatic carbocycles. The molecule has 0 spiro atoms. The van der Waals surface area contributed by atoms with Crippen molar-refractivity contribution < 1.29 is 24.3 Å². The fourth-order valence-corrected chi connectivity index (χ4v) is 2.50. The fraction of sp³-hybridized carbons (Fsp3) is 0.375. The van der Waals surface area contributed by atoms with Crippen molar-refractivity contribution >= 4 is 23.7 Å². The van der Waals surface area contributed by atoms with E-state index in [1.807, 2.05) is 0 Å². The quantitative estimate of drug-likeness (QED) is 0.205. The number of nitrogens with one attached hydrogen (secondary N) is 4. The Labute approximate surface area is 164 Å². The maximum atomic E-state index is 12.7. The van der Waals surface area contributed by atoms with E-state index in [1.165, 1.54) is 25.0 Å². The summed E-state index contributed by atoms with van der Waals surface area (Å²) < 4.78 is 0. The number of imidazole rings is 2. The first-order valence-electron chi connectivity index (χ1n) is 8.58. The number of aromatic nitrogens is 4. The Bertz CT molecular complexity index is 836. The second kappa shape index (κ2) is 9.98. The fourth-order valence-electron chi connectivity index (χ4n) is 2.50. The number of aliphatic carboxylic acids is 1. The molecule has 0 aliphatic rings. The van der Waals surface area contributed by atoms with Crippen LogP contribution >= 0.6 is 0 Å². The third-order valence-corrected chi connectivity index (χ3v) is 3.96. The highest BCUT2D eigenvalue weighted by Gasteiger charge is 2.29. The second-order valence-corrected chi connectivity index (χ2v) is 6.30. The van der Waals surface area contributed by atoms with E-state index in [2.05, 4.69) is 30.6 Å². The molecule has 3 amide bonds. The largest absolute Gasteiger partial charge is 0.480 e. The van der Waals surface area contributed by atoms with Crippen LogP contribution in [0.5, 0.6) is 0 Å². The van der Waals surface area contributed by atoms with Crippen molar-refractivity contribution in [1.29, 1.82) is 0 Å². The smallest absolute Gasteiger partial charge is 0.326 e. The number of rotatable bonds is 11. The molecule has 0 saturated carbocycles. The summed E-state index contributed by atoms with van der Waals surface area (Å²) in [5.41, 5.74) is 11.7. The Morgan fingerprint density at radius 1 is 0.966 bits per heavy atom. The number of nitrogens with zero attached hydrogens (tertiary/aromatic N) is 2. The van der Waals surface area contributed by atoms with Crippen molar-refractivity contribution in [2.75, 3.05) is 0 Å². The SMILES string of the molecule is NC(=O)C[C@H](N)C(=O)N[C@@H](Cc1cnc[nH]1)C(=O)N[C@@H](Cc1cnc[nH]1)C(=O)O. The number of carbonyl (C=O) groups is 4. The van der Waals surface area contributed by atoms with Gasteiger partial charge < -0.3 is 37.2 Å². The molecule has 0 aromatic carbocycles. The number of nitrogens with two attached hydrogens (primary N) is 2. The number of carboxylic acids is 1. The van der Waals surface area contributed by atoms with E-state index in [0.29, 0.717) is 11.4 Å². The molecular formula is C16H22N8O5. The average Bonchev–Trinajstić information content (AvgIpc) is 3.33. The van der Waals surface area contributed by atoms with Crippen molar-refractivity contribution in [2.24, 2.45) is 11.5 Å². The van der Waals surface area contributed by atoms with Crippen molar-refractivity contribution in [1.82, 2.24) is 30.6 Å². The number of amides is 3. The van der Waals surface area contributed by atoms with Crippen LogP contribution < -0.4 is 22.1 Å². The molecule has 9 N–H and O–H groups in total. The zero-order chi connectivity index (χ0) is 21.4. The van der Waals surface area contributed by atoms with Gasteiger partial charge in [0.1, 0.15) is 12.1 Å². The third-order valence-electron chi connectivity index (χ3n) is 3.96. The predicted octanol–water partition coefficient (Wildman–Crippen LogP) is -2.83. The van der Waals surface area contributed by atoms with Gasteiger partial charge >= 0.3 is 5.97 Å². The molecule has 0 aliphatic heterocycles. The summed E-state index contributed by atoms with van der Waals surface area (Å²) >= 11 is 0. The predicted molar refractivity (Wildman–Crippen MR) is 97.9 cm³/mol. The van der Waals surface area contributed by atoms with Gasteiger partial charge in [0, 0.05) is 36.6 Å². The zero-order valence-corrected chi connectivity index (χ0v) is 15.3. The molecule has 3 atom stereocenters. The number of primary amides is 1. The van der Waals surface area contributed by atoms with Gasteiger partial charge in [0.15, 0.2) is 0 Å². The van der Waals surface area contributed by atoms with Crippen LogP contribution in [-0.4, -0.2) is 66.9 Å². The maximum Gasteiger partial charge on any atom is 0.326 e. The summed E-state index contributed by atoms with van der Waals surface area (Å²) in [6, 6.07) is -3.67. The van der Waals surface area contributed by atoms with Crippen LogP contribution in [0.1, 0.15) is 17.8 Å². The number of carboxylic acid groups (broad SMARTS) is 1. The molecule has 2 aromatic heterocycles. The second-order valence-electron chi connectivity index (χ2n) is 6.30. The van der Waals surface area contributed by atoms with Crippen LogP contribution in [0.25, 0.3) is 0 Å². The van der Waals surface area contributed by atoms with E-state index >= 15 is 0 Å². The van der Waals surface area contributed by atoms with Gasteiger partial charge in [0.05, 0.1) is 25.1 Å². The van der Waals surface area contributed by atoms with Crippen molar-refractivity contribution in [3.05, 3.63) is 36.4 Å². The molecule has 13 heteroatoms. The minimum atomic E-state index is -1.26. The Kier molecular flexibility index (Phi) is 7.42. The molecular weight excluding hydrogens is 384 g/mol. The highest BCUT2D eigenvalue weighted by Crippen LogP contribution is 2.04. The lowest BCUT2D eigenvalue weighted by atomic mass is 10.1. The van der Waals surface area contributed by atoms with E-state index in [9.17, 15) is 24.3 Å². The van der Waals surface area contributed by atoms with E-state index in [-0.39, 0.29) is 12.8 Å². The van der Waals surface area contributed by atoms with Gasteiger partial charge in [-0.15, -0.1) is 0 Å². The molecule has 29 heavy (non-hydrogen) atoms. The first-order chi connectivity index (χ1) is 13.8. The molecule has 0 fully saturated rings. The van der Waals surface area contributed by atoms with E-state index in [1.54, 1.807) is 0 Å². The molecule has 0 radical (unpaired) electrons. The van der Waals surface area contributed by atoms with Crippen LogP contribution in [0.2, 0.25) is 0 Å². The topological polar surface area (TPSA) is 222 Å². The van der Waals surface area contributed by atoms with Gasteiger partial charge in [0.25, 0.3) is 0 Å². The number of hydrogen-bond acceptors (Lipinski definition) is 7. The van der Waals surface area contributed by atoms with Crippen LogP contribution in [0, 0.1) is 0 Å². The van der Waals surface area contributed by atoms with Crippen LogP contribution in [0.4, 0.5) is 0 Å². The minimum absolute atomic E-state index is 0.00272. The molecule has 0 unspecified atom stereocenters. The van der Waals surface area contributed by atoms with Gasteiger partial charge in [-0.1, -0.05) is 0 Å². The zero-order valence-electron chi connectivity index (χ0n) is 15.3. The summed E-state index contributed by atoms with van der Waals surface area (Å²) in [5, 5.41) is 14.2. The van der Waals surface area contributed by atoms with Gasteiger partial charge in [-0.2, -0.15) is 0 Å². The minimum Gasteiger partial charge on any atom is -0.480 e. The van der Waals surface area contributed by atoms with Gasteiger partial charge in [-0.3, -0.25) is 14.4 Å².